The van der Waals surface area contributed by atoms with E-state index in [1.54, 1.807) is 36.4 Å². The van der Waals surface area contributed by atoms with Crippen molar-refractivity contribution in [3.05, 3.63) is 64.3 Å². The van der Waals surface area contributed by atoms with Crippen LogP contribution in [-0.2, 0) is 20.7 Å². The molecule has 1 aliphatic heterocycles. The summed E-state index contributed by atoms with van der Waals surface area (Å²) in [4.78, 5) is 26.1. The highest BCUT2D eigenvalue weighted by atomic mass is 35.5. The summed E-state index contributed by atoms with van der Waals surface area (Å²) in [6.07, 6.45) is 1.88. The fourth-order valence-corrected chi connectivity index (χ4v) is 3.84. The van der Waals surface area contributed by atoms with Gasteiger partial charge in [-0.2, -0.15) is 0 Å². The number of halogens is 2. The maximum absolute atomic E-state index is 14.4. The Morgan fingerprint density at radius 2 is 2.07 bits per heavy atom. The van der Waals surface area contributed by atoms with Crippen molar-refractivity contribution in [3.63, 3.8) is 0 Å². The van der Waals surface area contributed by atoms with Gasteiger partial charge in [0.2, 0.25) is 0 Å². The summed E-state index contributed by atoms with van der Waals surface area (Å²) < 4.78 is 25.1. The van der Waals surface area contributed by atoms with E-state index in [-0.39, 0.29) is 11.7 Å². The zero-order chi connectivity index (χ0) is 21.7. The van der Waals surface area contributed by atoms with Crippen LogP contribution in [0.5, 0.6) is 11.5 Å². The van der Waals surface area contributed by atoms with Crippen LogP contribution >= 0.6 is 35.8 Å². The Kier molecular flexibility index (Phi) is 7.43. The summed E-state index contributed by atoms with van der Waals surface area (Å²) in [5.41, 5.74) is 1.33. The van der Waals surface area contributed by atoms with Crippen LogP contribution in [-0.4, -0.2) is 29.3 Å². The van der Waals surface area contributed by atoms with Gasteiger partial charge in [0.05, 0.1) is 12.0 Å². The normalized spacial score (nSPS) is 15.8. The highest BCUT2D eigenvalue weighted by molar-refractivity contribution is 8.26. The molecule has 3 rings (SSSR count). The fourth-order valence-electron chi connectivity index (χ4n) is 2.63. The molecule has 0 aliphatic carbocycles. The largest absolute Gasteiger partial charge is 0.468 e. The third kappa shape index (κ3) is 5.57. The predicted molar refractivity (Wildman–Crippen MR) is 118 cm³/mol. The van der Waals surface area contributed by atoms with Crippen LogP contribution < -0.4 is 14.9 Å². The van der Waals surface area contributed by atoms with E-state index in [9.17, 15) is 14.0 Å². The first-order valence-corrected chi connectivity index (χ1v) is 10.2. The van der Waals surface area contributed by atoms with Gasteiger partial charge in [-0.1, -0.05) is 42.2 Å². The molecule has 156 valence electrons. The first-order chi connectivity index (χ1) is 14.4. The highest BCUT2D eigenvalue weighted by Gasteiger charge is 2.22. The third-order valence-corrected chi connectivity index (χ3v) is 5.53. The van der Waals surface area contributed by atoms with E-state index in [1.165, 1.54) is 19.2 Å². The number of hydrogen-bond acceptors (Lipinski definition) is 7. The molecule has 0 spiro atoms. The minimum atomic E-state index is -0.683. The van der Waals surface area contributed by atoms with Crippen molar-refractivity contribution in [2.75, 3.05) is 7.11 Å². The summed E-state index contributed by atoms with van der Waals surface area (Å²) >= 11 is 11.6. The van der Waals surface area contributed by atoms with Gasteiger partial charge in [-0.05, 0) is 59.7 Å². The smallest absolute Gasteiger partial charge is 0.324 e. The molecule has 2 aromatic rings. The molecule has 1 saturated heterocycles. The Hall–Kier alpha value is -2.46. The number of esters is 1. The first kappa shape index (κ1) is 22.2. The van der Waals surface area contributed by atoms with E-state index in [0.717, 1.165) is 17.3 Å². The molecule has 1 fully saturated rings. The molecule has 1 aliphatic rings. The number of rotatable bonds is 7. The summed E-state index contributed by atoms with van der Waals surface area (Å²) in [5, 5.41) is 2.51. The SMILES string of the molecule is COC(=O)[C@H](Cc1ccc(Oc2ccc(/C=C3\SC(=S)NC3=O)cc2F)cc1)NCl. The molecule has 0 saturated carbocycles. The number of benzene rings is 2. The molecule has 1 heterocycles. The van der Waals surface area contributed by atoms with Gasteiger partial charge in [-0.25, -0.2) is 9.23 Å². The molecule has 0 unspecified atom stereocenters. The standard InChI is InChI=1S/C20H16ClFN2O4S2/c1-27-19(26)15(24-21)9-11-2-5-13(6-3-11)28-16-7-4-12(8-14(16)22)10-17-18(25)23-20(29)30-17/h2-8,10,15,24H,9H2,1H3,(H,23,25,29)/b17-10-/t15-/m0/s1. The maximum atomic E-state index is 14.4. The first-order valence-electron chi connectivity index (χ1n) is 8.65. The molecule has 2 aromatic carbocycles. The lowest BCUT2D eigenvalue weighted by Crippen LogP contribution is -2.33. The van der Waals surface area contributed by atoms with E-state index in [0.29, 0.717) is 27.0 Å². The molecular weight excluding hydrogens is 451 g/mol. The molecule has 1 amide bonds. The van der Waals surface area contributed by atoms with Crippen molar-refractivity contribution in [1.82, 2.24) is 10.2 Å². The quantitative estimate of drug-likeness (QED) is 0.277. The molecule has 0 radical (unpaired) electrons. The summed E-state index contributed by atoms with van der Waals surface area (Å²) in [5.74, 6) is -0.883. The molecular formula is C20H16ClFN2O4S2. The van der Waals surface area contributed by atoms with Gasteiger partial charge in [-0.15, -0.1) is 0 Å². The lowest BCUT2D eigenvalue weighted by atomic mass is 10.1. The Morgan fingerprint density at radius 3 is 2.63 bits per heavy atom. The van der Waals surface area contributed by atoms with Gasteiger partial charge in [0.1, 0.15) is 16.1 Å². The number of amides is 1. The van der Waals surface area contributed by atoms with Crippen molar-refractivity contribution >= 4 is 58.0 Å². The number of thiocarbonyl (C=S) groups is 1. The van der Waals surface area contributed by atoms with Crippen LogP contribution in [0.3, 0.4) is 0 Å². The molecule has 30 heavy (non-hydrogen) atoms. The zero-order valence-electron chi connectivity index (χ0n) is 15.6. The number of methoxy groups -OCH3 is 1. The van der Waals surface area contributed by atoms with Crippen LogP contribution in [0.15, 0.2) is 47.4 Å². The second kappa shape index (κ2) is 10.0. The minimum absolute atomic E-state index is 0.0406. The highest BCUT2D eigenvalue weighted by Crippen LogP contribution is 2.29. The van der Waals surface area contributed by atoms with Crippen molar-refractivity contribution in [1.29, 1.82) is 0 Å². The van der Waals surface area contributed by atoms with Gasteiger partial charge in [-0.3, -0.25) is 9.59 Å². The second-order valence-corrected chi connectivity index (χ2v) is 8.11. The number of carbonyl (C=O) groups excluding carboxylic acids is 2. The van der Waals surface area contributed by atoms with Crippen molar-refractivity contribution in [2.24, 2.45) is 0 Å². The molecule has 0 bridgehead atoms. The molecule has 10 heteroatoms. The van der Waals surface area contributed by atoms with Gasteiger partial charge < -0.3 is 14.8 Å². The molecule has 2 N–H and O–H groups in total. The Bertz CT molecular complexity index is 1010. The van der Waals surface area contributed by atoms with E-state index in [1.807, 2.05) is 0 Å². The number of carbonyl (C=O) groups is 2. The fraction of sp³-hybridized carbons (Fsp3) is 0.150. The van der Waals surface area contributed by atoms with Gasteiger partial charge in [0, 0.05) is 0 Å². The predicted octanol–water partition coefficient (Wildman–Crippen LogP) is 3.93. The second-order valence-electron chi connectivity index (χ2n) is 6.18. The Morgan fingerprint density at radius 1 is 1.33 bits per heavy atom. The number of nitrogens with one attached hydrogen (secondary N) is 2. The number of ether oxygens (including phenoxy) is 2. The summed E-state index contributed by atoms with van der Waals surface area (Å²) in [7, 11) is 1.28. The molecule has 1 atom stereocenters. The van der Waals surface area contributed by atoms with Crippen molar-refractivity contribution in [3.8, 4) is 11.5 Å². The van der Waals surface area contributed by atoms with Crippen LogP contribution in [0.4, 0.5) is 4.39 Å². The Labute approximate surface area is 186 Å². The summed E-state index contributed by atoms with van der Waals surface area (Å²) in [6.45, 7) is 0. The lowest BCUT2D eigenvalue weighted by Gasteiger charge is -2.13. The van der Waals surface area contributed by atoms with E-state index >= 15 is 0 Å². The van der Waals surface area contributed by atoms with Gasteiger partial charge in [0.15, 0.2) is 11.6 Å². The van der Waals surface area contributed by atoms with Crippen molar-refractivity contribution in [2.45, 2.75) is 12.5 Å². The van der Waals surface area contributed by atoms with E-state index < -0.39 is 17.8 Å². The van der Waals surface area contributed by atoms with Gasteiger partial charge in [0.25, 0.3) is 5.91 Å². The average Bonchev–Trinajstić information content (AvgIpc) is 3.05. The monoisotopic (exact) mass is 466 g/mol. The topological polar surface area (TPSA) is 76.7 Å². The van der Waals surface area contributed by atoms with E-state index in [2.05, 4.69) is 14.9 Å². The maximum Gasteiger partial charge on any atom is 0.324 e. The van der Waals surface area contributed by atoms with Crippen LogP contribution in [0, 0.1) is 5.82 Å². The number of thioether (sulfide) groups is 1. The van der Waals surface area contributed by atoms with Crippen LogP contribution in [0.25, 0.3) is 6.08 Å². The summed E-state index contributed by atoms with van der Waals surface area (Å²) in [6, 6.07) is 10.5. The molecule has 6 nitrogen and oxygen atoms in total. The average molecular weight is 467 g/mol. The number of hydrogen-bond donors (Lipinski definition) is 2. The van der Waals surface area contributed by atoms with Gasteiger partial charge >= 0.3 is 5.97 Å². The third-order valence-electron chi connectivity index (χ3n) is 4.10. The molecule has 0 aromatic heterocycles. The Balaban J connectivity index is 1.68. The lowest BCUT2D eigenvalue weighted by molar-refractivity contribution is -0.142. The van der Waals surface area contributed by atoms with E-state index in [4.69, 9.17) is 28.7 Å². The zero-order valence-corrected chi connectivity index (χ0v) is 18.0. The van der Waals surface area contributed by atoms with Crippen LogP contribution in [0.2, 0.25) is 0 Å². The minimum Gasteiger partial charge on any atom is -0.468 e. The van der Waals surface area contributed by atoms with Crippen LogP contribution in [0.1, 0.15) is 11.1 Å². The van der Waals surface area contributed by atoms with Crippen molar-refractivity contribution < 1.29 is 23.5 Å².